The number of ketones is 1. The molecule has 0 amide bonds. The normalized spacial score (nSPS) is 15.9. The van der Waals surface area contributed by atoms with Gasteiger partial charge in [0.1, 0.15) is 5.78 Å². The number of ether oxygens (including phenoxy) is 1. The third-order valence-electron chi connectivity index (χ3n) is 2.64. The molecule has 1 aliphatic rings. The molecule has 1 saturated carbocycles. The fourth-order valence-corrected chi connectivity index (χ4v) is 1.49. The number of carbonyl (C=O) groups is 1. The van der Waals surface area contributed by atoms with Crippen LogP contribution in [0.1, 0.15) is 32.6 Å². The molecule has 0 heterocycles. The van der Waals surface area contributed by atoms with Crippen LogP contribution in [-0.2, 0) is 9.53 Å². The van der Waals surface area contributed by atoms with Crippen molar-refractivity contribution in [1.82, 2.24) is 4.90 Å². The van der Waals surface area contributed by atoms with Gasteiger partial charge in [-0.05, 0) is 32.2 Å². The van der Waals surface area contributed by atoms with Crippen molar-refractivity contribution >= 4 is 5.78 Å². The number of hydrogen-bond acceptors (Lipinski definition) is 3. The highest BCUT2D eigenvalue weighted by Gasteiger charge is 2.20. The summed E-state index contributed by atoms with van der Waals surface area (Å²) in [6.45, 7) is 5.14. The van der Waals surface area contributed by atoms with Gasteiger partial charge in [-0.1, -0.05) is 6.92 Å². The molecule has 0 aromatic rings. The van der Waals surface area contributed by atoms with E-state index in [1.807, 2.05) is 18.9 Å². The first-order valence-electron chi connectivity index (χ1n) is 6.00. The van der Waals surface area contributed by atoms with Gasteiger partial charge in [-0.25, -0.2) is 0 Å². The van der Waals surface area contributed by atoms with Crippen LogP contribution in [0.5, 0.6) is 0 Å². The van der Waals surface area contributed by atoms with E-state index in [1.165, 1.54) is 12.8 Å². The van der Waals surface area contributed by atoms with Crippen molar-refractivity contribution in [2.45, 2.75) is 32.6 Å². The lowest BCUT2D eigenvalue weighted by Gasteiger charge is -2.15. The summed E-state index contributed by atoms with van der Waals surface area (Å²) < 4.78 is 5.52. The van der Waals surface area contributed by atoms with Crippen LogP contribution in [0.4, 0.5) is 0 Å². The molecule has 15 heavy (non-hydrogen) atoms. The van der Waals surface area contributed by atoms with Crippen molar-refractivity contribution < 1.29 is 9.53 Å². The molecule has 0 aliphatic heterocycles. The molecule has 88 valence electrons. The SMILES string of the molecule is CCCC(=O)CN(C)CCOCC1CC1. The quantitative estimate of drug-likeness (QED) is 0.546. The van der Waals surface area contributed by atoms with Crippen LogP contribution in [0, 0.1) is 5.92 Å². The van der Waals surface area contributed by atoms with Crippen molar-refractivity contribution in [2.24, 2.45) is 5.92 Å². The summed E-state index contributed by atoms with van der Waals surface area (Å²) in [5.74, 6) is 1.17. The molecule has 0 bridgehead atoms. The molecule has 0 N–H and O–H groups in total. The Labute approximate surface area is 92.8 Å². The average Bonchev–Trinajstić information content (AvgIpc) is 2.96. The maximum atomic E-state index is 11.3. The zero-order valence-electron chi connectivity index (χ0n) is 10.00. The average molecular weight is 213 g/mol. The lowest BCUT2D eigenvalue weighted by molar-refractivity contribution is -0.120. The zero-order chi connectivity index (χ0) is 11.1. The van der Waals surface area contributed by atoms with Gasteiger partial charge in [0.05, 0.1) is 13.2 Å². The third kappa shape index (κ3) is 6.63. The summed E-state index contributed by atoms with van der Waals surface area (Å²) in [5.41, 5.74) is 0. The smallest absolute Gasteiger partial charge is 0.146 e. The lowest BCUT2D eigenvalue weighted by Crippen LogP contribution is -2.29. The van der Waals surface area contributed by atoms with Gasteiger partial charge in [-0.15, -0.1) is 0 Å². The van der Waals surface area contributed by atoms with E-state index in [0.29, 0.717) is 18.7 Å². The van der Waals surface area contributed by atoms with Crippen LogP contribution in [0.3, 0.4) is 0 Å². The van der Waals surface area contributed by atoms with Gasteiger partial charge < -0.3 is 4.74 Å². The maximum absolute atomic E-state index is 11.3. The highest BCUT2D eigenvalue weighted by atomic mass is 16.5. The van der Waals surface area contributed by atoms with Crippen molar-refractivity contribution in [3.63, 3.8) is 0 Å². The predicted octanol–water partition coefficient (Wildman–Crippen LogP) is 1.71. The fourth-order valence-electron chi connectivity index (χ4n) is 1.49. The fraction of sp³-hybridized carbons (Fsp3) is 0.917. The number of hydrogen-bond donors (Lipinski definition) is 0. The Morgan fingerprint density at radius 1 is 1.47 bits per heavy atom. The summed E-state index contributed by atoms with van der Waals surface area (Å²) in [7, 11) is 1.98. The summed E-state index contributed by atoms with van der Waals surface area (Å²) in [5, 5.41) is 0. The largest absolute Gasteiger partial charge is 0.380 e. The molecular weight excluding hydrogens is 190 g/mol. The first kappa shape index (κ1) is 12.7. The van der Waals surface area contributed by atoms with Crippen LogP contribution in [0.25, 0.3) is 0 Å². The molecular formula is C12H23NO2. The Balaban J connectivity index is 1.91. The number of carbonyl (C=O) groups excluding carboxylic acids is 1. The molecule has 0 aromatic carbocycles. The first-order chi connectivity index (χ1) is 7.22. The Morgan fingerprint density at radius 2 is 2.20 bits per heavy atom. The van der Waals surface area contributed by atoms with E-state index >= 15 is 0 Å². The second-order valence-electron chi connectivity index (χ2n) is 4.54. The van der Waals surface area contributed by atoms with E-state index in [4.69, 9.17) is 4.74 Å². The van der Waals surface area contributed by atoms with E-state index in [0.717, 1.165) is 32.1 Å². The number of rotatable bonds is 9. The van der Waals surface area contributed by atoms with Gasteiger partial charge >= 0.3 is 0 Å². The zero-order valence-corrected chi connectivity index (χ0v) is 10.00. The molecule has 0 aromatic heterocycles. The van der Waals surface area contributed by atoms with E-state index in [2.05, 4.69) is 0 Å². The second-order valence-corrected chi connectivity index (χ2v) is 4.54. The molecule has 3 nitrogen and oxygen atoms in total. The predicted molar refractivity (Wildman–Crippen MR) is 61.0 cm³/mol. The van der Waals surface area contributed by atoms with Crippen molar-refractivity contribution in [3.05, 3.63) is 0 Å². The third-order valence-corrected chi connectivity index (χ3v) is 2.64. The van der Waals surface area contributed by atoms with Crippen LogP contribution in [0.2, 0.25) is 0 Å². The van der Waals surface area contributed by atoms with Gasteiger partial charge in [-0.3, -0.25) is 9.69 Å². The second kappa shape index (κ2) is 6.96. The molecule has 1 rings (SSSR count). The number of likely N-dealkylation sites (N-methyl/N-ethyl adjacent to an activating group) is 1. The molecule has 0 unspecified atom stereocenters. The van der Waals surface area contributed by atoms with Gasteiger partial charge in [0.25, 0.3) is 0 Å². The minimum absolute atomic E-state index is 0.335. The monoisotopic (exact) mass is 213 g/mol. The van der Waals surface area contributed by atoms with Crippen LogP contribution < -0.4 is 0 Å². The maximum Gasteiger partial charge on any atom is 0.146 e. The molecule has 3 heteroatoms. The molecule has 0 saturated heterocycles. The van der Waals surface area contributed by atoms with Crippen molar-refractivity contribution in [1.29, 1.82) is 0 Å². The van der Waals surface area contributed by atoms with Gasteiger partial charge in [-0.2, -0.15) is 0 Å². The Morgan fingerprint density at radius 3 is 2.80 bits per heavy atom. The van der Waals surface area contributed by atoms with Crippen LogP contribution >= 0.6 is 0 Å². The van der Waals surface area contributed by atoms with Crippen molar-refractivity contribution in [3.8, 4) is 0 Å². The summed E-state index contributed by atoms with van der Waals surface area (Å²) in [4.78, 5) is 13.4. The lowest BCUT2D eigenvalue weighted by atomic mass is 10.2. The van der Waals surface area contributed by atoms with E-state index in [-0.39, 0.29) is 0 Å². The summed E-state index contributed by atoms with van der Waals surface area (Å²) in [6, 6.07) is 0. The Bertz CT molecular complexity index is 190. The first-order valence-corrected chi connectivity index (χ1v) is 6.00. The molecule has 0 radical (unpaired) electrons. The van der Waals surface area contributed by atoms with Gasteiger partial charge in [0.15, 0.2) is 0 Å². The minimum Gasteiger partial charge on any atom is -0.380 e. The number of Topliss-reactive ketones (excluding diaryl/α,β-unsaturated/α-hetero) is 1. The van der Waals surface area contributed by atoms with Gasteiger partial charge in [0, 0.05) is 19.6 Å². The molecule has 1 fully saturated rings. The summed E-state index contributed by atoms with van der Waals surface area (Å²) in [6.07, 6.45) is 4.33. The van der Waals surface area contributed by atoms with E-state index in [9.17, 15) is 4.79 Å². The highest BCUT2D eigenvalue weighted by molar-refractivity contribution is 5.80. The molecule has 0 spiro atoms. The summed E-state index contributed by atoms with van der Waals surface area (Å²) >= 11 is 0. The standard InChI is InChI=1S/C12H23NO2/c1-3-4-12(14)9-13(2)7-8-15-10-11-5-6-11/h11H,3-10H2,1-2H3. The minimum atomic E-state index is 0.335. The van der Waals surface area contributed by atoms with E-state index < -0.39 is 0 Å². The van der Waals surface area contributed by atoms with Gasteiger partial charge in [0.2, 0.25) is 0 Å². The van der Waals surface area contributed by atoms with Crippen LogP contribution in [0.15, 0.2) is 0 Å². The van der Waals surface area contributed by atoms with Crippen molar-refractivity contribution in [2.75, 3.05) is 33.4 Å². The molecule has 1 aliphatic carbocycles. The Kier molecular flexibility index (Phi) is 5.88. The Hall–Kier alpha value is -0.410. The number of nitrogens with zero attached hydrogens (tertiary/aromatic N) is 1. The highest BCUT2D eigenvalue weighted by Crippen LogP contribution is 2.28. The molecule has 0 atom stereocenters. The topological polar surface area (TPSA) is 29.5 Å². The van der Waals surface area contributed by atoms with Crippen LogP contribution in [-0.4, -0.2) is 44.0 Å². The van der Waals surface area contributed by atoms with E-state index in [1.54, 1.807) is 0 Å².